The molecule has 2 aromatic rings. The third-order valence-electron chi connectivity index (χ3n) is 5.07. The van der Waals surface area contributed by atoms with Crippen molar-refractivity contribution >= 4 is 11.6 Å². The van der Waals surface area contributed by atoms with Crippen molar-refractivity contribution in [2.24, 2.45) is 0 Å². The number of amides is 1. The number of morpholine rings is 1. The molecule has 2 aromatic carbocycles. The molecule has 1 aliphatic heterocycles. The number of carbonyl (C=O) groups is 1. The van der Waals surface area contributed by atoms with E-state index in [1.165, 1.54) is 12.1 Å². The van der Waals surface area contributed by atoms with E-state index in [0.717, 1.165) is 25.2 Å². The van der Waals surface area contributed by atoms with E-state index >= 15 is 0 Å². The van der Waals surface area contributed by atoms with Crippen LogP contribution in [0.4, 0.5) is 5.69 Å². The summed E-state index contributed by atoms with van der Waals surface area (Å²) in [7, 11) is 0. The molecule has 1 atom stereocenters. The average Bonchev–Trinajstić information content (AvgIpc) is 2.77. The fraction of sp³-hybridized carbons (Fsp3) is 0.409. The Kier molecular flexibility index (Phi) is 7.75. The van der Waals surface area contributed by atoms with Crippen LogP contribution in [0.3, 0.4) is 0 Å². The monoisotopic (exact) mass is 413 g/mol. The molecule has 1 amide bonds. The zero-order valence-electron chi connectivity index (χ0n) is 17.1. The van der Waals surface area contributed by atoms with Crippen molar-refractivity contribution in [2.75, 3.05) is 39.5 Å². The number of carbonyl (C=O) groups excluding carboxylic acids is 1. The molecule has 1 saturated heterocycles. The minimum absolute atomic E-state index is 0.0236. The lowest BCUT2D eigenvalue weighted by atomic mass is 10.1. The van der Waals surface area contributed by atoms with Crippen molar-refractivity contribution in [3.05, 3.63) is 70.3 Å². The number of nitro groups is 1. The number of hydrogen-bond acceptors (Lipinski definition) is 6. The molecule has 3 rings (SSSR count). The second-order valence-corrected chi connectivity index (χ2v) is 7.31. The summed E-state index contributed by atoms with van der Waals surface area (Å²) >= 11 is 0. The van der Waals surface area contributed by atoms with Crippen molar-refractivity contribution in [3.8, 4) is 5.75 Å². The van der Waals surface area contributed by atoms with Crippen LogP contribution in [-0.2, 0) is 16.1 Å². The summed E-state index contributed by atoms with van der Waals surface area (Å²) in [4.78, 5) is 27.6. The first-order chi connectivity index (χ1) is 14.5. The molecule has 1 unspecified atom stereocenters. The number of rotatable bonds is 9. The zero-order chi connectivity index (χ0) is 21.3. The van der Waals surface area contributed by atoms with Gasteiger partial charge >= 0.3 is 0 Å². The fourth-order valence-electron chi connectivity index (χ4n) is 3.44. The third-order valence-corrected chi connectivity index (χ3v) is 5.07. The molecule has 0 radical (unpaired) electrons. The van der Waals surface area contributed by atoms with E-state index < -0.39 is 4.92 Å². The molecule has 8 nitrogen and oxygen atoms in total. The van der Waals surface area contributed by atoms with Gasteiger partial charge in [0.05, 0.1) is 24.2 Å². The van der Waals surface area contributed by atoms with Gasteiger partial charge in [-0.15, -0.1) is 0 Å². The highest BCUT2D eigenvalue weighted by Crippen LogP contribution is 2.19. The van der Waals surface area contributed by atoms with E-state index in [-0.39, 0.29) is 24.2 Å². The summed E-state index contributed by atoms with van der Waals surface area (Å²) in [6, 6.07) is 15.7. The van der Waals surface area contributed by atoms with Gasteiger partial charge in [-0.05, 0) is 18.6 Å². The molecule has 160 valence electrons. The second kappa shape index (κ2) is 10.7. The van der Waals surface area contributed by atoms with Gasteiger partial charge in [-0.3, -0.25) is 19.8 Å². The van der Waals surface area contributed by atoms with Crippen molar-refractivity contribution in [1.29, 1.82) is 0 Å². The molecular weight excluding hydrogens is 386 g/mol. The molecule has 8 heteroatoms. The van der Waals surface area contributed by atoms with E-state index in [1.807, 2.05) is 42.2 Å². The maximum absolute atomic E-state index is 13.0. The smallest absolute Gasteiger partial charge is 0.273 e. The Bertz CT molecular complexity index is 840. The maximum atomic E-state index is 13.0. The molecule has 0 aliphatic carbocycles. The predicted octanol–water partition coefficient (Wildman–Crippen LogP) is 2.72. The first kappa shape index (κ1) is 21.7. The highest BCUT2D eigenvalue weighted by Gasteiger charge is 2.24. The van der Waals surface area contributed by atoms with E-state index in [4.69, 9.17) is 9.47 Å². The lowest BCUT2D eigenvalue weighted by molar-refractivity contribution is -0.384. The minimum Gasteiger partial charge on any atom is -0.484 e. The molecule has 30 heavy (non-hydrogen) atoms. The van der Waals surface area contributed by atoms with Gasteiger partial charge in [0, 0.05) is 38.3 Å². The van der Waals surface area contributed by atoms with Crippen LogP contribution in [0.5, 0.6) is 5.75 Å². The van der Waals surface area contributed by atoms with Crippen molar-refractivity contribution in [2.45, 2.75) is 19.5 Å². The number of benzene rings is 2. The lowest BCUT2D eigenvalue weighted by Crippen LogP contribution is -2.49. The van der Waals surface area contributed by atoms with Crippen LogP contribution in [-0.4, -0.2) is 66.1 Å². The highest BCUT2D eigenvalue weighted by molar-refractivity contribution is 5.78. The Morgan fingerprint density at radius 2 is 1.93 bits per heavy atom. The van der Waals surface area contributed by atoms with Crippen LogP contribution in [0.2, 0.25) is 0 Å². The Hall–Kier alpha value is -2.97. The Morgan fingerprint density at radius 3 is 2.63 bits per heavy atom. The van der Waals surface area contributed by atoms with Crippen LogP contribution in [0, 0.1) is 10.1 Å². The highest BCUT2D eigenvalue weighted by atomic mass is 16.6. The maximum Gasteiger partial charge on any atom is 0.273 e. The van der Waals surface area contributed by atoms with E-state index in [2.05, 4.69) is 4.90 Å². The van der Waals surface area contributed by atoms with Crippen molar-refractivity contribution in [3.63, 3.8) is 0 Å². The average molecular weight is 413 g/mol. The lowest BCUT2D eigenvalue weighted by Gasteiger charge is -2.35. The normalized spacial score (nSPS) is 15.4. The zero-order valence-corrected chi connectivity index (χ0v) is 17.1. The molecule has 0 saturated carbocycles. The van der Waals surface area contributed by atoms with E-state index in [9.17, 15) is 14.9 Å². The Balaban J connectivity index is 1.67. The van der Waals surface area contributed by atoms with Crippen LogP contribution in [0.1, 0.15) is 12.5 Å². The molecule has 0 bridgehead atoms. The quantitative estimate of drug-likeness (QED) is 0.464. The second-order valence-electron chi connectivity index (χ2n) is 7.31. The van der Waals surface area contributed by atoms with Gasteiger partial charge in [0.15, 0.2) is 6.61 Å². The number of non-ortho nitro benzene ring substituents is 1. The van der Waals surface area contributed by atoms with Crippen molar-refractivity contribution < 1.29 is 19.2 Å². The van der Waals surface area contributed by atoms with Gasteiger partial charge in [0.25, 0.3) is 11.6 Å². The van der Waals surface area contributed by atoms with Crippen LogP contribution >= 0.6 is 0 Å². The van der Waals surface area contributed by atoms with E-state index in [1.54, 1.807) is 12.1 Å². The first-order valence-electron chi connectivity index (χ1n) is 10.0. The number of nitrogens with zero attached hydrogens (tertiary/aromatic N) is 3. The van der Waals surface area contributed by atoms with E-state index in [0.29, 0.717) is 25.5 Å². The summed E-state index contributed by atoms with van der Waals surface area (Å²) in [5, 5.41) is 10.9. The molecule has 0 aromatic heterocycles. The molecule has 0 spiro atoms. The number of nitro benzene ring substituents is 1. The summed E-state index contributed by atoms with van der Waals surface area (Å²) in [5.41, 5.74) is 0.969. The third kappa shape index (κ3) is 6.27. The summed E-state index contributed by atoms with van der Waals surface area (Å²) < 4.78 is 11.0. The van der Waals surface area contributed by atoms with Crippen molar-refractivity contribution in [1.82, 2.24) is 9.80 Å². The van der Waals surface area contributed by atoms with Gasteiger partial charge in [0.1, 0.15) is 5.75 Å². The fourth-order valence-corrected chi connectivity index (χ4v) is 3.44. The molecule has 1 fully saturated rings. The van der Waals surface area contributed by atoms with Crippen LogP contribution in [0.15, 0.2) is 54.6 Å². The molecule has 0 N–H and O–H groups in total. The summed E-state index contributed by atoms with van der Waals surface area (Å²) in [6.45, 7) is 6.18. The van der Waals surface area contributed by atoms with Gasteiger partial charge in [-0.2, -0.15) is 0 Å². The Labute approximate surface area is 176 Å². The standard InChI is InChI=1S/C22H27N3O5/c1-18(15-23-10-12-29-13-11-23)24(16-19-6-3-2-4-7-19)22(26)17-30-21-9-5-8-20(14-21)25(27)28/h2-9,14,18H,10-13,15-17H2,1H3. The van der Waals surface area contributed by atoms with Crippen LogP contribution in [0.25, 0.3) is 0 Å². The number of ether oxygens (including phenoxy) is 2. The van der Waals surface area contributed by atoms with Gasteiger partial charge in [0.2, 0.25) is 0 Å². The van der Waals surface area contributed by atoms with Gasteiger partial charge < -0.3 is 14.4 Å². The Morgan fingerprint density at radius 1 is 1.20 bits per heavy atom. The molecule has 1 heterocycles. The largest absolute Gasteiger partial charge is 0.484 e. The predicted molar refractivity (Wildman–Crippen MR) is 112 cm³/mol. The van der Waals surface area contributed by atoms with Gasteiger partial charge in [-0.25, -0.2) is 0 Å². The summed E-state index contributed by atoms with van der Waals surface area (Å²) in [5.74, 6) is 0.143. The topological polar surface area (TPSA) is 85.2 Å². The number of hydrogen-bond donors (Lipinski definition) is 0. The SMILES string of the molecule is CC(CN1CCOCC1)N(Cc1ccccc1)C(=O)COc1cccc([N+](=O)[O-])c1. The van der Waals surface area contributed by atoms with Crippen LogP contribution < -0.4 is 4.74 Å². The first-order valence-corrected chi connectivity index (χ1v) is 10.0. The molecule has 1 aliphatic rings. The van der Waals surface area contributed by atoms with Gasteiger partial charge in [-0.1, -0.05) is 36.4 Å². The summed E-state index contributed by atoms with van der Waals surface area (Å²) in [6.07, 6.45) is 0. The molecular formula is C22H27N3O5. The minimum atomic E-state index is -0.485.